The van der Waals surface area contributed by atoms with Crippen LogP contribution in [0.2, 0.25) is 0 Å². The van der Waals surface area contributed by atoms with Crippen LogP contribution in [0.15, 0.2) is 12.4 Å². The molecule has 0 bridgehead atoms. The van der Waals surface area contributed by atoms with Crippen molar-refractivity contribution in [2.75, 3.05) is 7.05 Å². The second-order valence-corrected chi connectivity index (χ2v) is 4.38. The van der Waals surface area contributed by atoms with E-state index in [0.29, 0.717) is 6.54 Å². The Morgan fingerprint density at radius 2 is 2.21 bits per heavy atom. The number of carboxylic acids is 1. The summed E-state index contributed by atoms with van der Waals surface area (Å²) in [5.41, 5.74) is 0.823. The molecule has 0 aliphatic carbocycles. The summed E-state index contributed by atoms with van der Waals surface area (Å²) in [7, 11) is 3.29. The lowest BCUT2D eigenvalue weighted by Crippen LogP contribution is -2.51. The van der Waals surface area contributed by atoms with Crippen molar-refractivity contribution in [3.63, 3.8) is 0 Å². The molecule has 0 spiro atoms. The summed E-state index contributed by atoms with van der Waals surface area (Å²) in [5, 5.41) is 24.4. The Kier molecular flexibility index (Phi) is 4.87. The number of amides is 2. The lowest BCUT2D eigenvalue weighted by atomic mass is 10.2. The van der Waals surface area contributed by atoms with Crippen molar-refractivity contribution in [3.8, 4) is 0 Å². The second-order valence-electron chi connectivity index (χ2n) is 4.38. The van der Waals surface area contributed by atoms with Crippen LogP contribution in [0.4, 0.5) is 4.79 Å². The normalized spacial score (nSPS) is 13.7. The first-order valence-corrected chi connectivity index (χ1v) is 5.71. The van der Waals surface area contributed by atoms with E-state index < -0.39 is 24.1 Å². The quantitative estimate of drug-likeness (QED) is 0.662. The van der Waals surface area contributed by atoms with Crippen LogP contribution in [-0.4, -0.2) is 56.1 Å². The minimum absolute atomic E-state index is 0.297. The molecule has 3 N–H and O–H groups in total. The molecule has 1 aromatic heterocycles. The third-order valence-corrected chi connectivity index (χ3v) is 2.55. The highest BCUT2D eigenvalue weighted by atomic mass is 16.4. The molecule has 0 saturated carbocycles. The van der Waals surface area contributed by atoms with Gasteiger partial charge in [0, 0.05) is 25.9 Å². The lowest BCUT2D eigenvalue weighted by Gasteiger charge is -2.22. The first kappa shape index (κ1) is 15.0. The number of nitrogens with zero attached hydrogens (tertiary/aromatic N) is 3. The Labute approximate surface area is 110 Å². The highest BCUT2D eigenvalue weighted by Crippen LogP contribution is 2.02. The van der Waals surface area contributed by atoms with Crippen molar-refractivity contribution in [1.29, 1.82) is 0 Å². The number of aromatic nitrogens is 2. The minimum atomic E-state index is -1.33. The number of aryl methyl sites for hydroxylation is 1. The molecule has 8 nitrogen and oxygen atoms in total. The summed E-state index contributed by atoms with van der Waals surface area (Å²) >= 11 is 0. The maximum absolute atomic E-state index is 11.8. The number of rotatable bonds is 5. The Morgan fingerprint density at radius 1 is 1.58 bits per heavy atom. The average Bonchev–Trinajstić information content (AvgIpc) is 2.70. The van der Waals surface area contributed by atoms with Gasteiger partial charge in [-0.1, -0.05) is 0 Å². The van der Waals surface area contributed by atoms with Gasteiger partial charge in [0.15, 0.2) is 6.04 Å². The monoisotopic (exact) mass is 270 g/mol. The summed E-state index contributed by atoms with van der Waals surface area (Å²) in [5.74, 6) is -1.28. The largest absolute Gasteiger partial charge is 0.480 e. The molecular formula is C11H18N4O4. The molecule has 8 heteroatoms. The van der Waals surface area contributed by atoms with Crippen LogP contribution in [0.25, 0.3) is 0 Å². The summed E-state index contributed by atoms with van der Waals surface area (Å²) in [4.78, 5) is 24.0. The molecule has 1 aromatic rings. The minimum Gasteiger partial charge on any atom is -0.480 e. The van der Waals surface area contributed by atoms with E-state index in [4.69, 9.17) is 5.11 Å². The van der Waals surface area contributed by atoms with Crippen LogP contribution >= 0.6 is 0 Å². The van der Waals surface area contributed by atoms with Gasteiger partial charge in [0.1, 0.15) is 0 Å². The SMILES string of the molecule is C[C@@H](O)[C@H](NC(=O)N(C)Cc1cnn(C)c1)C(=O)O. The molecule has 2 atom stereocenters. The molecule has 106 valence electrons. The number of urea groups is 1. The molecule has 0 fully saturated rings. The van der Waals surface area contributed by atoms with E-state index in [9.17, 15) is 14.7 Å². The van der Waals surface area contributed by atoms with Crippen molar-refractivity contribution in [2.45, 2.75) is 25.6 Å². The molecule has 0 aliphatic heterocycles. The fourth-order valence-electron chi connectivity index (χ4n) is 1.53. The van der Waals surface area contributed by atoms with Gasteiger partial charge in [0.2, 0.25) is 0 Å². The fraction of sp³-hybridized carbons (Fsp3) is 0.545. The standard InChI is InChI=1S/C11H18N4O4/c1-7(16)9(10(17)18)13-11(19)14(2)5-8-4-12-15(3)6-8/h4,6-7,9,16H,5H2,1-3H3,(H,13,19)(H,17,18)/t7-,9+/m1/s1. The van der Waals surface area contributed by atoms with Gasteiger partial charge >= 0.3 is 12.0 Å². The van der Waals surface area contributed by atoms with E-state index in [0.717, 1.165) is 5.56 Å². The molecular weight excluding hydrogens is 252 g/mol. The zero-order valence-corrected chi connectivity index (χ0v) is 11.1. The highest BCUT2D eigenvalue weighted by Gasteiger charge is 2.26. The van der Waals surface area contributed by atoms with Gasteiger partial charge in [-0.3, -0.25) is 4.68 Å². The molecule has 19 heavy (non-hydrogen) atoms. The number of hydrogen-bond donors (Lipinski definition) is 3. The van der Waals surface area contributed by atoms with Crippen molar-refractivity contribution < 1.29 is 19.8 Å². The Bertz CT molecular complexity index is 457. The van der Waals surface area contributed by atoms with Gasteiger partial charge in [-0.05, 0) is 6.92 Å². The fourth-order valence-corrected chi connectivity index (χ4v) is 1.53. The maximum atomic E-state index is 11.8. The summed E-state index contributed by atoms with van der Waals surface area (Å²) in [6.45, 7) is 1.60. The number of hydrogen-bond acceptors (Lipinski definition) is 4. The molecule has 0 aromatic carbocycles. The van der Waals surface area contributed by atoms with Crippen molar-refractivity contribution in [1.82, 2.24) is 20.0 Å². The number of aliphatic hydroxyl groups excluding tert-OH is 1. The predicted octanol–water partition coefficient (Wildman–Crippen LogP) is -0.605. The molecule has 1 rings (SSSR count). The van der Waals surface area contributed by atoms with E-state index in [1.54, 1.807) is 24.1 Å². The molecule has 0 unspecified atom stereocenters. The van der Waals surface area contributed by atoms with E-state index >= 15 is 0 Å². The predicted molar refractivity (Wildman–Crippen MR) is 66.3 cm³/mol. The smallest absolute Gasteiger partial charge is 0.328 e. The molecule has 2 amide bonds. The zero-order chi connectivity index (χ0) is 14.6. The zero-order valence-electron chi connectivity index (χ0n) is 11.1. The number of carboxylic acid groups (broad SMARTS) is 1. The van der Waals surface area contributed by atoms with E-state index in [1.807, 2.05) is 0 Å². The number of carbonyl (C=O) groups excluding carboxylic acids is 1. The number of aliphatic hydroxyl groups is 1. The molecule has 0 saturated heterocycles. The molecule has 0 radical (unpaired) electrons. The first-order chi connectivity index (χ1) is 8.81. The second kappa shape index (κ2) is 6.19. The van der Waals surface area contributed by atoms with Gasteiger partial charge in [0.25, 0.3) is 0 Å². The Balaban J connectivity index is 2.59. The first-order valence-electron chi connectivity index (χ1n) is 5.71. The van der Waals surface area contributed by atoms with Crippen molar-refractivity contribution in [3.05, 3.63) is 18.0 Å². The summed E-state index contributed by atoms with van der Waals surface area (Å²) in [6.07, 6.45) is 2.20. The third-order valence-electron chi connectivity index (χ3n) is 2.55. The van der Waals surface area contributed by atoms with Gasteiger partial charge < -0.3 is 20.4 Å². The van der Waals surface area contributed by atoms with Gasteiger partial charge in [-0.2, -0.15) is 5.10 Å². The van der Waals surface area contributed by atoms with Gasteiger partial charge in [-0.15, -0.1) is 0 Å². The number of carbonyl (C=O) groups is 2. The van der Waals surface area contributed by atoms with E-state index in [-0.39, 0.29) is 0 Å². The topological polar surface area (TPSA) is 108 Å². The maximum Gasteiger partial charge on any atom is 0.328 e. The molecule has 0 aliphatic rings. The van der Waals surface area contributed by atoms with Crippen LogP contribution in [0.5, 0.6) is 0 Å². The summed E-state index contributed by atoms with van der Waals surface area (Å²) in [6, 6.07) is -1.90. The average molecular weight is 270 g/mol. The Hall–Kier alpha value is -2.09. The van der Waals surface area contributed by atoms with Crippen LogP contribution in [-0.2, 0) is 18.4 Å². The highest BCUT2D eigenvalue weighted by molar-refractivity contribution is 5.82. The number of aliphatic carboxylic acids is 1. The van der Waals surface area contributed by atoms with Gasteiger partial charge in [-0.25, -0.2) is 9.59 Å². The third kappa shape index (κ3) is 4.25. The van der Waals surface area contributed by atoms with E-state index in [2.05, 4.69) is 10.4 Å². The number of nitrogens with one attached hydrogen (secondary N) is 1. The van der Waals surface area contributed by atoms with Gasteiger partial charge in [0.05, 0.1) is 18.8 Å². The lowest BCUT2D eigenvalue weighted by molar-refractivity contribution is -0.141. The van der Waals surface area contributed by atoms with E-state index in [1.165, 1.54) is 18.9 Å². The Morgan fingerprint density at radius 3 is 2.63 bits per heavy atom. The summed E-state index contributed by atoms with van der Waals surface area (Å²) < 4.78 is 1.61. The van der Waals surface area contributed by atoms with Crippen LogP contribution < -0.4 is 5.32 Å². The van der Waals surface area contributed by atoms with Crippen LogP contribution in [0, 0.1) is 0 Å². The van der Waals surface area contributed by atoms with Crippen LogP contribution in [0.3, 0.4) is 0 Å². The van der Waals surface area contributed by atoms with Crippen LogP contribution in [0.1, 0.15) is 12.5 Å². The molecule has 1 heterocycles. The van der Waals surface area contributed by atoms with Crippen molar-refractivity contribution in [2.24, 2.45) is 7.05 Å². The van der Waals surface area contributed by atoms with Crippen molar-refractivity contribution >= 4 is 12.0 Å².